The number of rotatable bonds is 2. The van der Waals surface area contributed by atoms with Crippen LogP contribution in [0, 0.1) is 5.92 Å². The van der Waals surface area contributed by atoms with Gasteiger partial charge in [0.05, 0.1) is 0 Å². The van der Waals surface area contributed by atoms with Crippen molar-refractivity contribution < 1.29 is 4.79 Å². The number of likely N-dealkylation sites (tertiary alicyclic amines) is 1. The third-order valence-corrected chi connectivity index (χ3v) is 3.33. The van der Waals surface area contributed by atoms with Gasteiger partial charge in [0.1, 0.15) is 5.69 Å². The number of hydrogen-bond donors (Lipinski definition) is 0. The molecule has 0 aliphatic carbocycles. The van der Waals surface area contributed by atoms with Gasteiger partial charge in [-0.2, -0.15) is 5.10 Å². The lowest BCUT2D eigenvalue weighted by Gasteiger charge is -2.30. The molecule has 5 heteroatoms. The topological polar surface area (TPSA) is 55.2 Å². The number of nitrogens with zero attached hydrogens (tertiary/aromatic N) is 3. The minimum atomic E-state index is -0.166. The minimum Gasteiger partial charge on any atom is -0.337 e. The van der Waals surface area contributed by atoms with Gasteiger partial charge in [-0.15, -0.1) is 0 Å². The lowest BCUT2D eigenvalue weighted by Crippen LogP contribution is -2.40. The first-order valence-corrected chi connectivity index (χ1v) is 6.49. The number of piperidine rings is 1. The van der Waals surface area contributed by atoms with Gasteiger partial charge in [-0.05, 0) is 31.7 Å². The van der Waals surface area contributed by atoms with Crippen molar-refractivity contribution in [2.45, 2.75) is 33.2 Å². The molecule has 0 spiro atoms. The summed E-state index contributed by atoms with van der Waals surface area (Å²) >= 11 is 0. The highest BCUT2D eigenvalue weighted by Gasteiger charge is 2.23. The molecule has 98 valence electrons. The first-order valence-electron chi connectivity index (χ1n) is 6.49. The lowest BCUT2D eigenvalue weighted by atomic mass is 10.00. The summed E-state index contributed by atoms with van der Waals surface area (Å²) in [5, 5.41) is 4.10. The van der Waals surface area contributed by atoms with Crippen LogP contribution in [0.1, 0.15) is 37.2 Å². The van der Waals surface area contributed by atoms with Gasteiger partial charge >= 0.3 is 0 Å². The molecule has 0 saturated carbocycles. The summed E-state index contributed by atoms with van der Waals surface area (Å²) in [4.78, 5) is 25.5. The Morgan fingerprint density at radius 3 is 2.94 bits per heavy atom. The molecule has 2 heterocycles. The summed E-state index contributed by atoms with van der Waals surface area (Å²) in [7, 11) is 0. The van der Waals surface area contributed by atoms with E-state index in [0.29, 0.717) is 18.2 Å². The lowest BCUT2D eigenvalue weighted by molar-refractivity contribution is 0.0674. The Bertz CT molecular complexity index is 495. The second-order valence-electron chi connectivity index (χ2n) is 4.87. The Morgan fingerprint density at radius 2 is 2.28 bits per heavy atom. The highest BCUT2D eigenvalue weighted by atomic mass is 16.2. The number of hydrogen-bond acceptors (Lipinski definition) is 3. The quantitative estimate of drug-likeness (QED) is 0.789. The number of carbonyl (C=O) groups excluding carboxylic acids is 1. The van der Waals surface area contributed by atoms with Gasteiger partial charge in [-0.25, -0.2) is 4.68 Å². The molecule has 0 N–H and O–H groups in total. The molecule has 1 fully saturated rings. The maximum Gasteiger partial charge on any atom is 0.274 e. The number of carbonyl (C=O) groups is 1. The van der Waals surface area contributed by atoms with Crippen LogP contribution in [0.3, 0.4) is 0 Å². The minimum absolute atomic E-state index is 0.0660. The van der Waals surface area contributed by atoms with E-state index in [1.807, 2.05) is 11.8 Å². The second kappa shape index (κ2) is 5.33. The van der Waals surface area contributed by atoms with Crippen molar-refractivity contribution in [1.82, 2.24) is 14.7 Å². The van der Waals surface area contributed by atoms with Gasteiger partial charge in [0.25, 0.3) is 11.5 Å². The molecule has 1 saturated heterocycles. The van der Waals surface area contributed by atoms with E-state index >= 15 is 0 Å². The van der Waals surface area contributed by atoms with Crippen molar-refractivity contribution in [2.75, 3.05) is 13.1 Å². The van der Waals surface area contributed by atoms with Crippen LogP contribution in [0.5, 0.6) is 0 Å². The third-order valence-electron chi connectivity index (χ3n) is 3.33. The van der Waals surface area contributed by atoms with Gasteiger partial charge in [0, 0.05) is 25.7 Å². The van der Waals surface area contributed by atoms with E-state index in [2.05, 4.69) is 12.0 Å². The predicted molar refractivity (Wildman–Crippen MR) is 68.5 cm³/mol. The fraction of sp³-hybridized carbons (Fsp3) is 0.615. The molecule has 1 atom stereocenters. The van der Waals surface area contributed by atoms with Crippen LogP contribution < -0.4 is 5.56 Å². The molecule has 2 rings (SSSR count). The van der Waals surface area contributed by atoms with E-state index < -0.39 is 0 Å². The van der Waals surface area contributed by atoms with Gasteiger partial charge in [0.2, 0.25) is 0 Å². The number of amides is 1. The zero-order chi connectivity index (χ0) is 13.1. The predicted octanol–water partition coefficient (Wildman–Crippen LogP) is 1.14. The van der Waals surface area contributed by atoms with Crippen LogP contribution in [-0.4, -0.2) is 33.7 Å². The smallest absolute Gasteiger partial charge is 0.274 e. The van der Waals surface area contributed by atoms with Crippen molar-refractivity contribution in [3.63, 3.8) is 0 Å². The van der Waals surface area contributed by atoms with E-state index in [1.165, 1.54) is 23.2 Å². The molecular weight excluding hydrogens is 230 g/mol. The Morgan fingerprint density at radius 1 is 1.50 bits per heavy atom. The van der Waals surface area contributed by atoms with Gasteiger partial charge in [-0.3, -0.25) is 9.59 Å². The Hall–Kier alpha value is -1.65. The summed E-state index contributed by atoms with van der Waals surface area (Å²) in [6.45, 7) is 6.05. The largest absolute Gasteiger partial charge is 0.337 e. The molecule has 0 radical (unpaired) electrons. The molecule has 0 bridgehead atoms. The van der Waals surface area contributed by atoms with Crippen LogP contribution in [0.4, 0.5) is 0 Å². The average Bonchev–Trinajstić information content (AvgIpc) is 2.38. The van der Waals surface area contributed by atoms with Crippen molar-refractivity contribution in [3.05, 3.63) is 28.2 Å². The molecule has 18 heavy (non-hydrogen) atoms. The van der Waals surface area contributed by atoms with E-state index in [-0.39, 0.29) is 11.5 Å². The van der Waals surface area contributed by atoms with Crippen LogP contribution in [0.2, 0.25) is 0 Å². The monoisotopic (exact) mass is 249 g/mol. The van der Waals surface area contributed by atoms with Crippen molar-refractivity contribution >= 4 is 5.91 Å². The normalized spacial score (nSPS) is 19.9. The van der Waals surface area contributed by atoms with E-state index in [0.717, 1.165) is 19.5 Å². The Balaban J connectivity index is 2.20. The summed E-state index contributed by atoms with van der Waals surface area (Å²) in [6, 6.07) is 2.94. The summed E-state index contributed by atoms with van der Waals surface area (Å²) in [5.74, 6) is 0.475. The molecule has 1 aromatic rings. The van der Waals surface area contributed by atoms with Gasteiger partial charge in [0.15, 0.2) is 0 Å². The molecule has 1 amide bonds. The van der Waals surface area contributed by atoms with E-state index in [4.69, 9.17) is 0 Å². The molecule has 1 aliphatic rings. The summed E-state index contributed by atoms with van der Waals surface area (Å²) in [6.07, 6.45) is 2.21. The highest BCUT2D eigenvalue weighted by Crippen LogP contribution is 2.16. The summed E-state index contributed by atoms with van der Waals surface area (Å²) in [5.41, 5.74) is 0.201. The van der Waals surface area contributed by atoms with Crippen LogP contribution in [0.15, 0.2) is 16.9 Å². The molecule has 1 aromatic heterocycles. The first-order chi connectivity index (χ1) is 8.61. The Labute approximate surface area is 106 Å². The van der Waals surface area contributed by atoms with Crippen molar-refractivity contribution in [1.29, 1.82) is 0 Å². The van der Waals surface area contributed by atoms with Crippen molar-refractivity contribution in [2.24, 2.45) is 5.92 Å². The van der Waals surface area contributed by atoms with Crippen LogP contribution in [0.25, 0.3) is 0 Å². The van der Waals surface area contributed by atoms with Crippen LogP contribution >= 0.6 is 0 Å². The van der Waals surface area contributed by atoms with E-state index in [1.54, 1.807) is 0 Å². The number of aromatic nitrogens is 2. The number of aryl methyl sites for hydroxylation is 1. The Kier molecular flexibility index (Phi) is 3.79. The maximum atomic E-state index is 12.3. The van der Waals surface area contributed by atoms with E-state index in [9.17, 15) is 9.59 Å². The third kappa shape index (κ3) is 2.60. The van der Waals surface area contributed by atoms with Crippen LogP contribution in [-0.2, 0) is 6.54 Å². The van der Waals surface area contributed by atoms with Gasteiger partial charge < -0.3 is 4.90 Å². The molecule has 0 aromatic carbocycles. The first kappa shape index (κ1) is 12.8. The van der Waals surface area contributed by atoms with Gasteiger partial charge in [-0.1, -0.05) is 6.92 Å². The summed E-state index contributed by atoms with van der Waals surface area (Å²) < 4.78 is 1.32. The molecule has 1 aliphatic heterocycles. The highest BCUT2D eigenvalue weighted by molar-refractivity contribution is 5.92. The zero-order valence-corrected chi connectivity index (χ0v) is 10.9. The van der Waals surface area contributed by atoms with Crippen molar-refractivity contribution in [3.8, 4) is 0 Å². The molecule has 5 nitrogen and oxygen atoms in total. The maximum absolute atomic E-state index is 12.3. The second-order valence-corrected chi connectivity index (χ2v) is 4.87. The SMILES string of the molecule is CCn1nc(C(=O)N2CCCC(C)C2)ccc1=O. The average molecular weight is 249 g/mol. The molecular formula is C13H19N3O2. The fourth-order valence-electron chi connectivity index (χ4n) is 2.33. The fourth-order valence-corrected chi connectivity index (χ4v) is 2.33. The standard InChI is InChI=1S/C13H19N3O2/c1-3-16-12(17)7-6-11(14-16)13(18)15-8-4-5-10(2)9-15/h6-7,10H,3-5,8-9H2,1-2H3. The molecule has 1 unspecified atom stereocenters. The zero-order valence-electron chi connectivity index (χ0n) is 10.9.